The molecule has 3 heterocycles. The Morgan fingerprint density at radius 1 is 1.40 bits per heavy atom. The Kier molecular flexibility index (Phi) is 4.79. The first-order chi connectivity index (χ1) is 11.9. The average molecular weight is 348 g/mol. The van der Waals surface area contributed by atoms with E-state index in [9.17, 15) is 9.59 Å². The van der Waals surface area contributed by atoms with Crippen LogP contribution in [-0.4, -0.2) is 50.7 Å². The third kappa shape index (κ3) is 3.85. The number of aromatic nitrogens is 4. The zero-order valence-corrected chi connectivity index (χ0v) is 14.1. The SMILES string of the molecule is CC(=O)Nc1nc(N)c2ncn([C@H]3CC[C@@H](COC(C)=O)OC3)c2n1. The van der Waals surface area contributed by atoms with Crippen LogP contribution in [0.25, 0.3) is 11.2 Å². The number of anilines is 2. The molecule has 0 aromatic carbocycles. The van der Waals surface area contributed by atoms with Gasteiger partial charge in [0.1, 0.15) is 12.1 Å². The first-order valence-corrected chi connectivity index (χ1v) is 7.96. The van der Waals surface area contributed by atoms with E-state index in [0.29, 0.717) is 17.8 Å². The molecule has 0 spiro atoms. The molecule has 2 atom stereocenters. The predicted octanol–water partition coefficient (Wildman–Crippen LogP) is 0.650. The summed E-state index contributed by atoms with van der Waals surface area (Å²) in [4.78, 5) is 34.7. The lowest BCUT2D eigenvalue weighted by molar-refractivity contribution is -0.147. The molecule has 10 heteroatoms. The Morgan fingerprint density at radius 3 is 2.84 bits per heavy atom. The first kappa shape index (κ1) is 17.1. The highest BCUT2D eigenvalue weighted by molar-refractivity contribution is 5.89. The van der Waals surface area contributed by atoms with Gasteiger partial charge in [0.15, 0.2) is 11.5 Å². The molecule has 3 rings (SSSR count). The van der Waals surface area contributed by atoms with Crippen LogP contribution < -0.4 is 11.1 Å². The fourth-order valence-corrected chi connectivity index (χ4v) is 2.77. The van der Waals surface area contributed by atoms with Crippen molar-refractivity contribution in [3.05, 3.63) is 6.33 Å². The van der Waals surface area contributed by atoms with Crippen LogP contribution in [0.3, 0.4) is 0 Å². The molecule has 1 aliphatic heterocycles. The molecule has 1 aliphatic rings. The number of nitrogens with one attached hydrogen (secondary N) is 1. The van der Waals surface area contributed by atoms with Gasteiger partial charge in [-0.25, -0.2) is 4.98 Å². The number of hydrogen-bond acceptors (Lipinski definition) is 8. The second-order valence-corrected chi connectivity index (χ2v) is 5.93. The van der Waals surface area contributed by atoms with Gasteiger partial charge in [0.05, 0.1) is 25.1 Å². The Labute approximate surface area is 143 Å². The van der Waals surface area contributed by atoms with Crippen LogP contribution >= 0.6 is 0 Å². The van der Waals surface area contributed by atoms with Crippen molar-refractivity contribution in [1.29, 1.82) is 0 Å². The van der Waals surface area contributed by atoms with Gasteiger partial charge in [-0.05, 0) is 12.8 Å². The number of rotatable bonds is 4. The summed E-state index contributed by atoms with van der Waals surface area (Å²) in [6.07, 6.45) is 3.10. The summed E-state index contributed by atoms with van der Waals surface area (Å²) in [6.45, 7) is 3.45. The van der Waals surface area contributed by atoms with Crippen molar-refractivity contribution in [2.24, 2.45) is 0 Å². The Morgan fingerprint density at radius 2 is 2.20 bits per heavy atom. The Balaban J connectivity index is 1.77. The molecule has 134 valence electrons. The molecule has 1 saturated heterocycles. The number of carbonyl (C=O) groups is 2. The lowest BCUT2D eigenvalue weighted by Crippen LogP contribution is -2.31. The monoisotopic (exact) mass is 348 g/mol. The van der Waals surface area contributed by atoms with Gasteiger partial charge in [0, 0.05) is 13.8 Å². The lowest BCUT2D eigenvalue weighted by Gasteiger charge is -2.29. The molecule has 1 amide bonds. The van der Waals surface area contributed by atoms with Gasteiger partial charge >= 0.3 is 5.97 Å². The summed E-state index contributed by atoms with van der Waals surface area (Å²) in [6, 6.07) is 0.0260. The van der Waals surface area contributed by atoms with Crippen LogP contribution in [0.5, 0.6) is 0 Å². The maximum Gasteiger partial charge on any atom is 0.302 e. The highest BCUT2D eigenvalue weighted by Gasteiger charge is 2.26. The quantitative estimate of drug-likeness (QED) is 0.769. The molecule has 0 radical (unpaired) electrons. The van der Waals surface area contributed by atoms with E-state index in [4.69, 9.17) is 15.2 Å². The van der Waals surface area contributed by atoms with Gasteiger partial charge in [-0.3, -0.25) is 14.9 Å². The van der Waals surface area contributed by atoms with Gasteiger partial charge in [-0.2, -0.15) is 9.97 Å². The molecule has 0 bridgehead atoms. The first-order valence-electron chi connectivity index (χ1n) is 7.96. The minimum absolute atomic E-state index is 0.0260. The number of esters is 1. The molecule has 3 N–H and O–H groups in total. The van der Waals surface area contributed by atoms with E-state index in [2.05, 4.69) is 20.3 Å². The molecule has 0 unspecified atom stereocenters. The molecular weight excluding hydrogens is 328 g/mol. The van der Waals surface area contributed by atoms with E-state index in [1.165, 1.54) is 13.8 Å². The zero-order valence-electron chi connectivity index (χ0n) is 14.1. The van der Waals surface area contributed by atoms with Gasteiger partial charge in [0.25, 0.3) is 0 Å². The summed E-state index contributed by atoms with van der Waals surface area (Å²) in [5, 5.41) is 2.53. The largest absolute Gasteiger partial charge is 0.463 e. The van der Waals surface area contributed by atoms with Crippen molar-refractivity contribution in [3.63, 3.8) is 0 Å². The Hall–Kier alpha value is -2.75. The second-order valence-electron chi connectivity index (χ2n) is 5.93. The predicted molar refractivity (Wildman–Crippen MR) is 88.7 cm³/mol. The topological polar surface area (TPSA) is 134 Å². The van der Waals surface area contributed by atoms with Crippen LogP contribution in [0.4, 0.5) is 11.8 Å². The van der Waals surface area contributed by atoms with E-state index in [1.807, 2.05) is 4.57 Å². The van der Waals surface area contributed by atoms with E-state index in [0.717, 1.165) is 12.8 Å². The fourth-order valence-electron chi connectivity index (χ4n) is 2.77. The highest BCUT2D eigenvalue weighted by Crippen LogP contribution is 2.28. The number of nitrogen functional groups attached to an aromatic ring is 1. The Bertz CT molecular complexity index is 797. The third-order valence-corrected chi connectivity index (χ3v) is 3.95. The van der Waals surface area contributed by atoms with Gasteiger partial charge in [-0.1, -0.05) is 0 Å². The molecule has 2 aromatic rings. The normalized spacial score (nSPS) is 20.4. The maximum atomic E-state index is 11.2. The van der Waals surface area contributed by atoms with Crippen molar-refractivity contribution < 1.29 is 19.1 Å². The summed E-state index contributed by atoms with van der Waals surface area (Å²) in [7, 11) is 0. The summed E-state index contributed by atoms with van der Waals surface area (Å²) in [5.74, 6) is -0.246. The molecule has 0 aliphatic carbocycles. The second kappa shape index (κ2) is 7.01. The van der Waals surface area contributed by atoms with Crippen molar-refractivity contribution >= 4 is 34.8 Å². The minimum Gasteiger partial charge on any atom is -0.463 e. The summed E-state index contributed by atoms with van der Waals surface area (Å²) in [5.41, 5.74) is 6.93. The zero-order chi connectivity index (χ0) is 18.0. The number of nitrogens with two attached hydrogens (primary N) is 1. The van der Waals surface area contributed by atoms with Crippen LogP contribution in [0.1, 0.15) is 32.7 Å². The van der Waals surface area contributed by atoms with Crippen LogP contribution in [0.15, 0.2) is 6.33 Å². The van der Waals surface area contributed by atoms with Gasteiger partial charge in [-0.15, -0.1) is 0 Å². The van der Waals surface area contributed by atoms with Gasteiger partial charge in [0.2, 0.25) is 11.9 Å². The molecule has 25 heavy (non-hydrogen) atoms. The molecule has 10 nitrogen and oxygen atoms in total. The van der Waals surface area contributed by atoms with E-state index in [-0.39, 0.29) is 42.4 Å². The maximum absolute atomic E-state index is 11.2. The van der Waals surface area contributed by atoms with E-state index in [1.54, 1.807) is 6.33 Å². The average Bonchev–Trinajstić information content (AvgIpc) is 2.97. The van der Waals surface area contributed by atoms with Crippen LogP contribution in [0, 0.1) is 0 Å². The number of amides is 1. The molecule has 0 saturated carbocycles. The van der Waals surface area contributed by atoms with Crippen molar-refractivity contribution in [2.45, 2.75) is 38.8 Å². The lowest BCUT2D eigenvalue weighted by atomic mass is 10.1. The van der Waals surface area contributed by atoms with Crippen molar-refractivity contribution in [2.75, 3.05) is 24.3 Å². The van der Waals surface area contributed by atoms with Crippen molar-refractivity contribution in [1.82, 2.24) is 19.5 Å². The summed E-state index contributed by atoms with van der Waals surface area (Å²) >= 11 is 0. The summed E-state index contributed by atoms with van der Waals surface area (Å²) < 4.78 is 12.6. The number of nitrogens with zero attached hydrogens (tertiary/aromatic N) is 4. The van der Waals surface area contributed by atoms with Crippen molar-refractivity contribution in [3.8, 4) is 0 Å². The van der Waals surface area contributed by atoms with Crippen LogP contribution in [0.2, 0.25) is 0 Å². The molecular formula is C15H20N6O4. The number of carbonyl (C=O) groups excluding carboxylic acids is 2. The van der Waals surface area contributed by atoms with Crippen LogP contribution in [-0.2, 0) is 19.1 Å². The number of hydrogen-bond donors (Lipinski definition) is 2. The molecule has 1 fully saturated rings. The standard InChI is InChI=1S/C15H20N6O4/c1-8(22)18-15-19-13(16)12-14(20-15)21(7-17-12)10-3-4-11(25-5-10)6-24-9(2)23/h7,10-11H,3-6H2,1-2H3,(H3,16,18,19,20,22)/t10-,11-/m0/s1. The third-order valence-electron chi connectivity index (χ3n) is 3.95. The number of fused-ring (bicyclic) bond motifs is 1. The minimum atomic E-state index is -0.316. The van der Waals surface area contributed by atoms with Gasteiger partial charge < -0.3 is 19.8 Å². The fraction of sp³-hybridized carbons (Fsp3) is 0.533. The molecule has 2 aromatic heterocycles. The highest BCUT2D eigenvalue weighted by atomic mass is 16.6. The smallest absolute Gasteiger partial charge is 0.302 e. The number of ether oxygens (including phenoxy) is 2. The van der Waals surface area contributed by atoms with E-state index < -0.39 is 0 Å². The number of imidazole rings is 1. The van der Waals surface area contributed by atoms with E-state index >= 15 is 0 Å².